The molecule has 0 radical (unpaired) electrons. The van der Waals surface area contributed by atoms with Gasteiger partial charge in [0.15, 0.2) is 0 Å². The SMILES string of the molecule is C[C@@H]1CCC[C@H](C)CCC[C@H](C)/C=C/[C@@H](C)CCC[C@@H](C)CCC[C@@H](C)CCC[C@@H](C)CCOCCOCC[C@H](C)CCC1. The van der Waals surface area contributed by atoms with Crippen molar-refractivity contribution < 1.29 is 9.47 Å². The molecule has 0 saturated heterocycles. The minimum atomic E-state index is 0.730. The van der Waals surface area contributed by atoms with Gasteiger partial charge in [-0.2, -0.15) is 0 Å². The Hall–Kier alpha value is -0.340. The largest absolute Gasteiger partial charge is 0.379 e. The third-order valence-electron chi connectivity index (χ3n) is 10.9. The zero-order chi connectivity index (χ0) is 32.4. The molecule has 0 spiro atoms. The van der Waals surface area contributed by atoms with Crippen molar-refractivity contribution in [2.45, 2.75) is 184 Å². The minimum absolute atomic E-state index is 0.730. The average Bonchev–Trinajstić information content (AvgIpc) is 2.97. The highest BCUT2D eigenvalue weighted by atomic mass is 16.5. The van der Waals surface area contributed by atoms with Gasteiger partial charge in [0, 0.05) is 13.2 Å². The van der Waals surface area contributed by atoms with E-state index in [0.717, 1.165) is 73.8 Å². The van der Waals surface area contributed by atoms with Crippen LogP contribution in [-0.2, 0) is 9.47 Å². The van der Waals surface area contributed by atoms with Gasteiger partial charge in [0.2, 0.25) is 0 Å². The third-order valence-corrected chi connectivity index (χ3v) is 10.9. The summed E-state index contributed by atoms with van der Waals surface area (Å²) in [5.74, 6) is 6.52. The van der Waals surface area contributed by atoms with Gasteiger partial charge in [-0.25, -0.2) is 0 Å². The molecule has 0 N–H and O–H groups in total. The Labute approximate surface area is 278 Å². The Kier molecular flexibility index (Phi) is 26.3. The molecular formula is C42H82O2. The average molecular weight is 619 g/mol. The standard InChI is InChI=1S/C42H82O2/c1-35-15-9-17-37(3)21-13-25-41(7)29-31-43-33-34-44-32-30-42(8)26-14-22-38(4)18-10-16-36(2)20-12-24-40(6)28-27-39(5)23-11-19-35/h27-28,35-42H,9-26,29-34H2,1-8H3/b28-27+/t35-,36-,37+,38+,39-,40-,41+,42+/m0/s1. The van der Waals surface area contributed by atoms with Crippen LogP contribution in [0.2, 0.25) is 0 Å². The summed E-state index contributed by atoms with van der Waals surface area (Å²) in [7, 11) is 0. The molecule has 0 amide bonds. The monoisotopic (exact) mass is 619 g/mol. The topological polar surface area (TPSA) is 18.5 Å². The number of hydrogen-bond acceptors (Lipinski definition) is 2. The van der Waals surface area contributed by atoms with E-state index in [1.165, 1.54) is 128 Å². The molecule has 0 bridgehead atoms. The summed E-state index contributed by atoms with van der Waals surface area (Å²) in [6.07, 6.45) is 32.5. The Morgan fingerprint density at radius 2 is 0.523 bits per heavy atom. The highest BCUT2D eigenvalue weighted by Crippen LogP contribution is 2.25. The molecule has 1 rings (SSSR count). The summed E-state index contributed by atoms with van der Waals surface area (Å²) in [6.45, 7) is 22.9. The molecule has 1 aliphatic heterocycles. The fourth-order valence-corrected chi connectivity index (χ4v) is 7.16. The van der Waals surface area contributed by atoms with Crippen molar-refractivity contribution in [1.29, 1.82) is 0 Å². The van der Waals surface area contributed by atoms with Gasteiger partial charge in [-0.15, -0.1) is 0 Å². The number of rotatable bonds is 0. The number of hydrogen-bond donors (Lipinski definition) is 0. The van der Waals surface area contributed by atoms with Crippen LogP contribution in [0.3, 0.4) is 0 Å². The number of ether oxygens (including phenoxy) is 2. The van der Waals surface area contributed by atoms with Crippen LogP contribution < -0.4 is 0 Å². The van der Waals surface area contributed by atoms with E-state index in [4.69, 9.17) is 9.47 Å². The van der Waals surface area contributed by atoms with Crippen LogP contribution in [0.25, 0.3) is 0 Å². The van der Waals surface area contributed by atoms with E-state index in [1.54, 1.807) is 0 Å². The maximum Gasteiger partial charge on any atom is 0.0700 e. The summed E-state index contributed by atoms with van der Waals surface area (Å²) in [4.78, 5) is 0. The third kappa shape index (κ3) is 25.8. The first-order valence-electron chi connectivity index (χ1n) is 20.0. The Morgan fingerprint density at radius 3 is 0.795 bits per heavy atom. The lowest BCUT2D eigenvalue weighted by Gasteiger charge is -2.17. The second kappa shape index (κ2) is 27.7. The first-order chi connectivity index (χ1) is 21.2. The molecule has 0 unspecified atom stereocenters. The normalized spacial score (nSPS) is 35.8. The molecule has 0 aromatic heterocycles. The van der Waals surface area contributed by atoms with E-state index in [0.29, 0.717) is 0 Å². The molecule has 0 aromatic rings. The van der Waals surface area contributed by atoms with E-state index in [-0.39, 0.29) is 0 Å². The molecular weight excluding hydrogens is 536 g/mol. The van der Waals surface area contributed by atoms with Gasteiger partial charge in [-0.1, -0.05) is 170 Å². The molecule has 0 saturated carbocycles. The Balaban J connectivity index is 2.42. The van der Waals surface area contributed by atoms with Crippen LogP contribution in [0.15, 0.2) is 12.2 Å². The van der Waals surface area contributed by atoms with Crippen molar-refractivity contribution in [3.8, 4) is 0 Å². The fraction of sp³-hybridized carbons (Fsp3) is 0.952. The quantitative estimate of drug-likeness (QED) is 0.251. The molecule has 2 heteroatoms. The van der Waals surface area contributed by atoms with Crippen molar-refractivity contribution >= 4 is 0 Å². The zero-order valence-corrected chi connectivity index (χ0v) is 31.6. The summed E-state index contributed by atoms with van der Waals surface area (Å²) in [5.41, 5.74) is 0. The second-order valence-electron chi connectivity index (χ2n) is 16.4. The first kappa shape index (κ1) is 41.7. The number of allylic oxidation sites excluding steroid dienone is 2. The van der Waals surface area contributed by atoms with Crippen LogP contribution in [0, 0.1) is 47.3 Å². The Morgan fingerprint density at radius 1 is 0.295 bits per heavy atom. The van der Waals surface area contributed by atoms with Gasteiger partial charge in [0.25, 0.3) is 0 Å². The highest BCUT2D eigenvalue weighted by molar-refractivity contribution is 4.90. The van der Waals surface area contributed by atoms with Crippen molar-refractivity contribution in [3.63, 3.8) is 0 Å². The van der Waals surface area contributed by atoms with E-state index in [1.807, 2.05) is 0 Å². The van der Waals surface area contributed by atoms with Gasteiger partial charge in [-0.3, -0.25) is 0 Å². The molecule has 8 atom stereocenters. The van der Waals surface area contributed by atoms with Gasteiger partial charge in [0.1, 0.15) is 0 Å². The van der Waals surface area contributed by atoms with Crippen LogP contribution in [0.4, 0.5) is 0 Å². The van der Waals surface area contributed by atoms with Crippen molar-refractivity contribution in [2.75, 3.05) is 26.4 Å². The van der Waals surface area contributed by atoms with Crippen LogP contribution in [0.5, 0.6) is 0 Å². The van der Waals surface area contributed by atoms with Crippen LogP contribution in [-0.4, -0.2) is 26.4 Å². The molecule has 0 aliphatic carbocycles. The first-order valence-corrected chi connectivity index (χ1v) is 20.0. The lowest BCUT2D eigenvalue weighted by atomic mass is 9.90. The fourth-order valence-electron chi connectivity index (χ4n) is 7.16. The highest BCUT2D eigenvalue weighted by Gasteiger charge is 2.11. The van der Waals surface area contributed by atoms with Gasteiger partial charge in [0.05, 0.1) is 13.2 Å². The van der Waals surface area contributed by atoms with Crippen molar-refractivity contribution in [2.24, 2.45) is 47.3 Å². The molecule has 2 nitrogen and oxygen atoms in total. The second-order valence-corrected chi connectivity index (χ2v) is 16.4. The van der Waals surface area contributed by atoms with Crippen molar-refractivity contribution in [1.82, 2.24) is 0 Å². The van der Waals surface area contributed by atoms with Gasteiger partial charge >= 0.3 is 0 Å². The summed E-state index contributed by atoms with van der Waals surface area (Å²) in [6, 6.07) is 0. The molecule has 0 aromatic carbocycles. The molecule has 44 heavy (non-hydrogen) atoms. The molecule has 1 aliphatic rings. The molecule has 262 valence electrons. The molecule has 1 heterocycles. The van der Waals surface area contributed by atoms with Crippen molar-refractivity contribution in [3.05, 3.63) is 12.2 Å². The summed E-state index contributed by atoms with van der Waals surface area (Å²) >= 11 is 0. The van der Waals surface area contributed by atoms with E-state index in [2.05, 4.69) is 67.5 Å². The van der Waals surface area contributed by atoms with Crippen LogP contribution >= 0.6 is 0 Å². The van der Waals surface area contributed by atoms with E-state index >= 15 is 0 Å². The summed E-state index contributed by atoms with van der Waals surface area (Å²) in [5, 5.41) is 0. The maximum absolute atomic E-state index is 5.90. The predicted octanol–water partition coefficient (Wildman–Crippen LogP) is 13.5. The molecule has 0 fully saturated rings. The Bertz CT molecular complexity index is 590. The minimum Gasteiger partial charge on any atom is -0.379 e. The lowest BCUT2D eigenvalue weighted by Crippen LogP contribution is -2.10. The smallest absolute Gasteiger partial charge is 0.0700 e. The summed E-state index contributed by atoms with van der Waals surface area (Å²) < 4.78 is 11.8. The lowest BCUT2D eigenvalue weighted by molar-refractivity contribution is 0.0387. The van der Waals surface area contributed by atoms with E-state index < -0.39 is 0 Å². The van der Waals surface area contributed by atoms with Gasteiger partial charge < -0.3 is 9.47 Å². The maximum atomic E-state index is 5.90. The predicted molar refractivity (Wildman–Crippen MR) is 196 cm³/mol. The zero-order valence-electron chi connectivity index (χ0n) is 31.6. The van der Waals surface area contributed by atoms with Crippen LogP contribution in [0.1, 0.15) is 184 Å². The van der Waals surface area contributed by atoms with E-state index in [9.17, 15) is 0 Å². The van der Waals surface area contributed by atoms with Gasteiger partial charge in [-0.05, 0) is 73.0 Å².